The number of nitrogens with zero attached hydrogens (tertiary/aromatic N) is 1. The lowest BCUT2D eigenvalue weighted by Crippen LogP contribution is -2.30. The number of carbonyl (C=O) groups excluding carboxylic acids is 2. The predicted molar refractivity (Wildman–Crippen MR) is 109 cm³/mol. The lowest BCUT2D eigenvalue weighted by atomic mass is 9.95. The molecule has 1 aliphatic rings. The highest BCUT2D eigenvalue weighted by atomic mass is 19.4. The maximum Gasteiger partial charge on any atom is 0.471 e. The van der Waals surface area contributed by atoms with Gasteiger partial charge in [-0.3, -0.25) is 4.79 Å². The standard InChI is InChI=1S/C22H18F6N2O4/c1-2-34-19(32)12-6-11(7-14(8-12)30-20(33)22(26,27)28)15-4-3-5-16(15)17-9-13(21(23,24)25)10-29-18(17)31/h6-10H,2-5H2,1H3,(H,29,31)(H,30,33). The molecule has 0 aliphatic heterocycles. The van der Waals surface area contributed by atoms with E-state index in [-0.39, 0.29) is 35.4 Å². The maximum absolute atomic E-state index is 13.2. The van der Waals surface area contributed by atoms with Gasteiger partial charge in [0.2, 0.25) is 5.88 Å². The molecular formula is C22H18F6N2O4. The molecule has 1 aromatic heterocycles. The van der Waals surface area contributed by atoms with Gasteiger partial charge in [0.05, 0.1) is 17.7 Å². The molecule has 1 heterocycles. The number of alkyl halides is 6. The lowest BCUT2D eigenvalue weighted by molar-refractivity contribution is -0.167. The number of hydrogen-bond acceptors (Lipinski definition) is 5. The quantitative estimate of drug-likeness (QED) is 0.424. The zero-order chi connectivity index (χ0) is 25.3. The van der Waals surface area contributed by atoms with E-state index in [1.165, 1.54) is 19.1 Å². The van der Waals surface area contributed by atoms with Crippen LogP contribution in [0.5, 0.6) is 5.88 Å². The molecule has 0 saturated carbocycles. The Morgan fingerprint density at radius 2 is 1.74 bits per heavy atom. The summed E-state index contributed by atoms with van der Waals surface area (Å²) in [4.78, 5) is 27.1. The second-order valence-electron chi connectivity index (χ2n) is 7.37. The number of hydrogen-bond donors (Lipinski definition) is 2. The Bertz CT molecular complexity index is 1160. The topological polar surface area (TPSA) is 88.5 Å². The van der Waals surface area contributed by atoms with Gasteiger partial charge in [0.1, 0.15) is 0 Å². The number of allylic oxidation sites excluding steroid dienone is 2. The fourth-order valence-electron chi connectivity index (χ4n) is 3.60. The molecule has 0 atom stereocenters. The molecule has 2 aromatic rings. The molecule has 2 N–H and O–H groups in total. The van der Waals surface area contributed by atoms with Crippen molar-refractivity contribution in [3.63, 3.8) is 0 Å². The average Bonchev–Trinajstić information content (AvgIpc) is 3.22. The summed E-state index contributed by atoms with van der Waals surface area (Å²) in [5.74, 6) is -3.77. The van der Waals surface area contributed by atoms with Crippen molar-refractivity contribution < 1.29 is 45.8 Å². The van der Waals surface area contributed by atoms with Gasteiger partial charge in [-0.25, -0.2) is 9.78 Å². The number of pyridine rings is 1. The highest BCUT2D eigenvalue weighted by Gasteiger charge is 2.39. The van der Waals surface area contributed by atoms with Crippen LogP contribution in [0.25, 0.3) is 11.1 Å². The molecular weight excluding hydrogens is 470 g/mol. The van der Waals surface area contributed by atoms with E-state index in [2.05, 4.69) is 4.98 Å². The molecule has 0 radical (unpaired) electrons. The van der Waals surface area contributed by atoms with E-state index >= 15 is 0 Å². The van der Waals surface area contributed by atoms with E-state index in [0.29, 0.717) is 30.2 Å². The third-order valence-corrected chi connectivity index (χ3v) is 5.04. The zero-order valence-electron chi connectivity index (χ0n) is 17.6. The highest BCUT2D eigenvalue weighted by Crippen LogP contribution is 2.44. The minimum Gasteiger partial charge on any atom is -0.493 e. The van der Waals surface area contributed by atoms with Crippen LogP contribution in [0.15, 0.2) is 30.5 Å². The largest absolute Gasteiger partial charge is 0.493 e. The Kier molecular flexibility index (Phi) is 6.89. The van der Waals surface area contributed by atoms with Gasteiger partial charge in [-0.1, -0.05) is 0 Å². The van der Waals surface area contributed by atoms with Gasteiger partial charge in [-0.05, 0) is 67.2 Å². The number of rotatable bonds is 5. The number of nitrogens with one attached hydrogen (secondary N) is 1. The van der Waals surface area contributed by atoms with Crippen LogP contribution in [0.4, 0.5) is 32.0 Å². The molecule has 0 spiro atoms. The summed E-state index contributed by atoms with van der Waals surface area (Å²) in [5.41, 5.74) is -0.903. The van der Waals surface area contributed by atoms with Crippen LogP contribution in [-0.2, 0) is 15.7 Å². The van der Waals surface area contributed by atoms with Gasteiger partial charge in [0, 0.05) is 17.4 Å². The fourth-order valence-corrected chi connectivity index (χ4v) is 3.60. The predicted octanol–water partition coefficient (Wildman–Crippen LogP) is 5.58. The van der Waals surface area contributed by atoms with Crippen LogP contribution in [0.1, 0.15) is 53.2 Å². The Morgan fingerprint density at radius 3 is 2.35 bits per heavy atom. The molecule has 0 unspecified atom stereocenters. The minimum atomic E-state index is -5.19. The minimum absolute atomic E-state index is 0.0228. The van der Waals surface area contributed by atoms with Crippen molar-refractivity contribution in [1.82, 2.24) is 4.98 Å². The number of halogens is 6. The molecule has 182 valence electrons. The van der Waals surface area contributed by atoms with Crippen molar-refractivity contribution in [2.24, 2.45) is 0 Å². The number of anilines is 1. The first-order valence-corrected chi connectivity index (χ1v) is 10.0. The van der Waals surface area contributed by atoms with Gasteiger partial charge >= 0.3 is 24.2 Å². The van der Waals surface area contributed by atoms with Gasteiger partial charge in [0.25, 0.3) is 0 Å². The van der Waals surface area contributed by atoms with Crippen molar-refractivity contribution in [1.29, 1.82) is 0 Å². The maximum atomic E-state index is 13.2. The fraction of sp³-hybridized carbons (Fsp3) is 0.318. The second kappa shape index (κ2) is 9.35. The lowest BCUT2D eigenvalue weighted by Gasteiger charge is -2.15. The van der Waals surface area contributed by atoms with Crippen molar-refractivity contribution in [2.75, 3.05) is 11.9 Å². The number of aromatic hydroxyl groups is 1. The van der Waals surface area contributed by atoms with E-state index < -0.39 is 35.7 Å². The van der Waals surface area contributed by atoms with Crippen molar-refractivity contribution in [3.8, 4) is 5.88 Å². The molecule has 1 amide bonds. The molecule has 1 aromatic carbocycles. The summed E-state index contributed by atoms with van der Waals surface area (Å²) in [7, 11) is 0. The van der Waals surface area contributed by atoms with Gasteiger partial charge < -0.3 is 15.2 Å². The second-order valence-corrected chi connectivity index (χ2v) is 7.37. The van der Waals surface area contributed by atoms with E-state index in [0.717, 1.165) is 12.1 Å². The van der Waals surface area contributed by atoms with Crippen LogP contribution >= 0.6 is 0 Å². The zero-order valence-corrected chi connectivity index (χ0v) is 17.6. The van der Waals surface area contributed by atoms with Gasteiger partial charge in [-0.2, -0.15) is 26.3 Å². The van der Waals surface area contributed by atoms with Crippen molar-refractivity contribution >= 4 is 28.7 Å². The Hall–Kier alpha value is -3.57. The molecule has 0 fully saturated rings. The molecule has 3 rings (SSSR count). The van der Waals surface area contributed by atoms with Crippen molar-refractivity contribution in [3.05, 3.63) is 52.7 Å². The summed E-state index contributed by atoms with van der Waals surface area (Å²) in [6, 6.07) is 4.22. The monoisotopic (exact) mass is 488 g/mol. The first kappa shape index (κ1) is 25.1. The van der Waals surface area contributed by atoms with Crippen LogP contribution in [0.3, 0.4) is 0 Å². The third kappa shape index (κ3) is 5.49. The number of carbonyl (C=O) groups is 2. The number of benzene rings is 1. The third-order valence-electron chi connectivity index (χ3n) is 5.04. The van der Waals surface area contributed by atoms with Gasteiger partial charge in [0.15, 0.2) is 0 Å². The number of esters is 1. The first-order chi connectivity index (χ1) is 15.8. The van der Waals surface area contributed by atoms with E-state index in [1.54, 1.807) is 5.32 Å². The van der Waals surface area contributed by atoms with E-state index in [9.17, 15) is 41.0 Å². The molecule has 12 heteroatoms. The summed E-state index contributed by atoms with van der Waals surface area (Å²) in [6.45, 7) is 1.50. The molecule has 0 saturated heterocycles. The molecule has 6 nitrogen and oxygen atoms in total. The summed E-state index contributed by atoms with van der Waals surface area (Å²) in [5, 5.41) is 11.8. The van der Waals surface area contributed by atoms with Crippen LogP contribution in [0, 0.1) is 0 Å². The molecule has 34 heavy (non-hydrogen) atoms. The Balaban J connectivity index is 2.15. The molecule has 0 bridgehead atoms. The van der Waals surface area contributed by atoms with Gasteiger partial charge in [-0.15, -0.1) is 0 Å². The van der Waals surface area contributed by atoms with E-state index in [4.69, 9.17) is 4.74 Å². The number of amides is 1. The molecule has 1 aliphatic carbocycles. The van der Waals surface area contributed by atoms with Crippen LogP contribution in [-0.4, -0.2) is 34.8 Å². The smallest absolute Gasteiger partial charge is 0.471 e. The average molecular weight is 488 g/mol. The summed E-state index contributed by atoms with van der Waals surface area (Å²) < 4.78 is 82.6. The summed E-state index contributed by atoms with van der Waals surface area (Å²) >= 11 is 0. The van der Waals surface area contributed by atoms with Crippen LogP contribution < -0.4 is 5.32 Å². The highest BCUT2D eigenvalue weighted by molar-refractivity contribution is 6.00. The number of ether oxygens (including phenoxy) is 1. The Morgan fingerprint density at radius 1 is 1.06 bits per heavy atom. The number of aromatic nitrogens is 1. The normalized spacial score (nSPS) is 14.3. The summed E-state index contributed by atoms with van der Waals surface area (Å²) in [6.07, 6.45) is -8.40. The Labute approximate surface area is 189 Å². The SMILES string of the molecule is CCOC(=O)c1cc(NC(=O)C(F)(F)F)cc(C2=C(c3cc(C(F)(F)F)cnc3O)CCC2)c1. The first-order valence-electron chi connectivity index (χ1n) is 10.0. The van der Waals surface area contributed by atoms with Crippen LogP contribution in [0.2, 0.25) is 0 Å². The van der Waals surface area contributed by atoms with Crippen molar-refractivity contribution in [2.45, 2.75) is 38.5 Å². The van der Waals surface area contributed by atoms with E-state index in [1.807, 2.05) is 0 Å².